The lowest BCUT2D eigenvalue weighted by Crippen LogP contribution is -2.47. The molecule has 4 amide bonds. The Labute approximate surface area is 187 Å². The number of hydrogen-bond donors (Lipinski definition) is 3. The SMILES string of the molecule is CC(=O)N1CCCCN(C)C(=O)[C@H](C)NC(=O)COc2cc(O)cc(c2)C(=O)NCCC1. The topological polar surface area (TPSA) is 128 Å². The monoisotopic (exact) mass is 448 g/mol. The first-order chi connectivity index (χ1) is 15.2. The summed E-state index contributed by atoms with van der Waals surface area (Å²) >= 11 is 0. The molecule has 1 aromatic rings. The molecule has 0 spiro atoms. The van der Waals surface area contributed by atoms with Crippen LogP contribution in [-0.4, -0.2) is 84.4 Å². The molecular formula is C22H32N4O6. The van der Waals surface area contributed by atoms with Crippen molar-refractivity contribution in [2.45, 2.75) is 39.2 Å². The van der Waals surface area contributed by atoms with Crippen molar-refractivity contribution in [3.8, 4) is 11.5 Å². The summed E-state index contributed by atoms with van der Waals surface area (Å²) in [6.45, 7) is 4.65. The number of ether oxygens (including phenoxy) is 1. The van der Waals surface area contributed by atoms with Crippen LogP contribution in [0, 0.1) is 0 Å². The molecule has 32 heavy (non-hydrogen) atoms. The van der Waals surface area contributed by atoms with Gasteiger partial charge in [0.25, 0.3) is 11.8 Å². The molecule has 10 heteroatoms. The number of aromatic hydroxyl groups is 1. The number of phenols is 1. The quantitative estimate of drug-likeness (QED) is 0.530. The fourth-order valence-corrected chi connectivity index (χ4v) is 3.38. The first kappa shape index (κ1) is 25.0. The highest BCUT2D eigenvalue weighted by molar-refractivity contribution is 5.95. The van der Waals surface area contributed by atoms with Crippen LogP contribution in [0.4, 0.5) is 0 Å². The zero-order chi connectivity index (χ0) is 23.7. The molecule has 0 unspecified atom stereocenters. The minimum absolute atomic E-state index is 0.0472. The van der Waals surface area contributed by atoms with E-state index in [1.54, 1.807) is 23.8 Å². The zero-order valence-electron chi connectivity index (χ0n) is 18.8. The molecule has 10 nitrogen and oxygen atoms in total. The van der Waals surface area contributed by atoms with Crippen molar-refractivity contribution in [3.63, 3.8) is 0 Å². The molecule has 1 heterocycles. The van der Waals surface area contributed by atoms with Crippen LogP contribution < -0.4 is 15.4 Å². The fraction of sp³-hybridized carbons (Fsp3) is 0.545. The summed E-state index contributed by atoms with van der Waals surface area (Å²) < 4.78 is 5.40. The van der Waals surface area contributed by atoms with Gasteiger partial charge in [0.1, 0.15) is 17.5 Å². The van der Waals surface area contributed by atoms with Gasteiger partial charge in [0, 0.05) is 51.8 Å². The van der Waals surface area contributed by atoms with Crippen LogP contribution in [0.2, 0.25) is 0 Å². The zero-order valence-corrected chi connectivity index (χ0v) is 18.8. The van der Waals surface area contributed by atoms with Crippen molar-refractivity contribution in [2.24, 2.45) is 0 Å². The molecule has 0 aliphatic carbocycles. The van der Waals surface area contributed by atoms with E-state index in [-0.39, 0.29) is 35.5 Å². The van der Waals surface area contributed by atoms with Gasteiger partial charge in [-0.1, -0.05) is 0 Å². The van der Waals surface area contributed by atoms with Crippen LogP contribution in [0.5, 0.6) is 11.5 Å². The van der Waals surface area contributed by atoms with Gasteiger partial charge in [0.2, 0.25) is 11.8 Å². The average Bonchev–Trinajstić information content (AvgIpc) is 2.74. The number of amides is 4. The van der Waals surface area contributed by atoms with Gasteiger partial charge in [-0.25, -0.2) is 0 Å². The second kappa shape index (κ2) is 11.9. The summed E-state index contributed by atoms with van der Waals surface area (Å²) in [7, 11) is 1.67. The third kappa shape index (κ3) is 7.75. The lowest BCUT2D eigenvalue weighted by atomic mass is 10.2. The summed E-state index contributed by atoms with van der Waals surface area (Å²) in [5.74, 6) is -1.20. The third-order valence-electron chi connectivity index (χ3n) is 5.15. The summed E-state index contributed by atoms with van der Waals surface area (Å²) in [6.07, 6.45) is 2.01. The summed E-state index contributed by atoms with van der Waals surface area (Å²) in [6, 6.07) is 3.28. The standard InChI is InChI=1S/C22H32N4O6/c1-15-22(31)25(3)8-4-5-9-26(16(2)27)10-6-7-23-21(30)17-11-18(28)13-19(12-17)32-14-20(29)24-15/h11-13,15,28H,4-10,14H2,1-3H3,(H,23,30)(H,24,29)/t15-/m0/s1. The van der Waals surface area contributed by atoms with Crippen LogP contribution in [0.25, 0.3) is 0 Å². The smallest absolute Gasteiger partial charge is 0.258 e. The molecule has 3 N–H and O–H groups in total. The van der Waals surface area contributed by atoms with Crippen LogP contribution >= 0.6 is 0 Å². The fourth-order valence-electron chi connectivity index (χ4n) is 3.38. The molecule has 1 atom stereocenters. The Balaban J connectivity index is 2.14. The minimum Gasteiger partial charge on any atom is -0.508 e. The summed E-state index contributed by atoms with van der Waals surface area (Å²) in [5, 5.41) is 15.2. The Bertz CT molecular complexity index is 844. The van der Waals surface area contributed by atoms with Gasteiger partial charge < -0.3 is 30.3 Å². The Morgan fingerprint density at radius 1 is 1.09 bits per heavy atom. The van der Waals surface area contributed by atoms with Gasteiger partial charge in [-0.2, -0.15) is 0 Å². The number of fused-ring (bicyclic) bond motifs is 2. The molecule has 2 rings (SSSR count). The number of likely N-dealkylation sites (N-methyl/N-ethyl adjacent to an activating group) is 1. The van der Waals surface area contributed by atoms with E-state index in [1.807, 2.05) is 0 Å². The van der Waals surface area contributed by atoms with Crippen molar-refractivity contribution < 1.29 is 29.0 Å². The summed E-state index contributed by atoms with van der Waals surface area (Å²) in [5.41, 5.74) is 0.184. The number of carbonyl (C=O) groups is 4. The van der Waals surface area contributed by atoms with Crippen molar-refractivity contribution in [1.29, 1.82) is 0 Å². The van der Waals surface area contributed by atoms with E-state index < -0.39 is 17.9 Å². The predicted octanol–water partition coefficient (Wildman–Crippen LogP) is 0.496. The van der Waals surface area contributed by atoms with Crippen LogP contribution in [0.1, 0.15) is 43.5 Å². The lowest BCUT2D eigenvalue weighted by molar-refractivity contribution is -0.135. The van der Waals surface area contributed by atoms with Gasteiger partial charge in [0.15, 0.2) is 6.61 Å². The third-order valence-corrected chi connectivity index (χ3v) is 5.15. The van der Waals surface area contributed by atoms with Crippen molar-refractivity contribution in [2.75, 3.05) is 39.8 Å². The molecule has 176 valence electrons. The highest BCUT2D eigenvalue weighted by atomic mass is 16.5. The van der Waals surface area contributed by atoms with E-state index in [1.165, 1.54) is 25.1 Å². The number of carbonyl (C=O) groups excluding carboxylic acids is 4. The van der Waals surface area contributed by atoms with E-state index in [0.717, 1.165) is 6.42 Å². The minimum atomic E-state index is -0.735. The normalized spacial score (nSPS) is 20.1. The second-order valence-electron chi connectivity index (χ2n) is 7.88. The van der Waals surface area contributed by atoms with Crippen molar-refractivity contribution >= 4 is 23.6 Å². The van der Waals surface area contributed by atoms with E-state index in [9.17, 15) is 24.3 Å². The van der Waals surface area contributed by atoms with E-state index in [0.29, 0.717) is 39.0 Å². The van der Waals surface area contributed by atoms with Gasteiger partial charge in [-0.3, -0.25) is 19.2 Å². The van der Waals surface area contributed by atoms with Crippen molar-refractivity contribution in [3.05, 3.63) is 23.8 Å². The molecule has 1 aliphatic rings. The summed E-state index contributed by atoms with van der Waals surface area (Å²) in [4.78, 5) is 52.3. The van der Waals surface area contributed by atoms with E-state index >= 15 is 0 Å². The maximum Gasteiger partial charge on any atom is 0.258 e. The number of nitrogens with one attached hydrogen (secondary N) is 2. The highest BCUT2D eigenvalue weighted by Crippen LogP contribution is 2.22. The maximum absolute atomic E-state index is 12.5. The molecule has 0 saturated carbocycles. The molecule has 2 bridgehead atoms. The molecular weight excluding hydrogens is 416 g/mol. The predicted molar refractivity (Wildman–Crippen MR) is 117 cm³/mol. The number of nitrogens with zero attached hydrogens (tertiary/aromatic N) is 2. The Morgan fingerprint density at radius 3 is 2.50 bits per heavy atom. The molecule has 1 aliphatic heterocycles. The molecule has 0 saturated heterocycles. The number of benzene rings is 1. The van der Waals surface area contributed by atoms with E-state index in [2.05, 4.69) is 10.6 Å². The number of rotatable bonds is 0. The van der Waals surface area contributed by atoms with Crippen LogP contribution in [0.15, 0.2) is 18.2 Å². The van der Waals surface area contributed by atoms with Crippen LogP contribution in [0.3, 0.4) is 0 Å². The van der Waals surface area contributed by atoms with Crippen molar-refractivity contribution in [1.82, 2.24) is 20.4 Å². The Kier molecular flexibility index (Phi) is 9.30. The Morgan fingerprint density at radius 2 is 1.78 bits per heavy atom. The Hall–Kier alpha value is -3.30. The highest BCUT2D eigenvalue weighted by Gasteiger charge is 2.20. The van der Waals surface area contributed by atoms with Gasteiger partial charge in [-0.15, -0.1) is 0 Å². The van der Waals surface area contributed by atoms with Gasteiger partial charge >= 0.3 is 0 Å². The number of hydrogen-bond acceptors (Lipinski definition) is 6. The first-order valence-corrected chi connectivity index (χ1v) is 10.7. The van der Waals surface area contributed by atoms with Gasteiger partial charge in [0.05, 0.1) is 0 Å². The number of phenolic OH excluding ortho intramolecular Hbond substituents is 1. The molecule has 0 radical (unpaired) electrons. The lowest BCUT2D eigenvalue weighted by Gasteiger charge is -2.24. The largest absolute Gasteiger partial charge is 0.508 e. The first-order valence-electron chi connectivity index (χ1n) is 10.7. The molecule has 0 aromatic heterocycles. The average molecular weight is 449 g/mol. The molecule has 1 aromatic carbocycles. The molecule has 0 fully saturated rings. The van der Waals surface area contributed by atoms with Crippen LogP contribution in [-0.2, 0) is 14.4 Å². The van der Waals surface area contributed by atoms with E-state index in [4.69, 9.17) is 4.74 Å². The maximum atomic E-state index is 12.5. The van der Waals surface area contributed by atoms with Gasteiger partial charge in [-0.05, 0) is 38.3 Å². The second-order valence-corrected chi connectivity index (χ2v) is 7.88.